The first kappa shape index (κ1) is 12.9. The molecule has 2 heteroatoms. The maximum atomic E-state index is 4.59. The zero-order valence-electron chi connectivity index (χ0n) is 11.9. The molecule has 1 heterocycles. The SMILES string of the molecule is Cc1nn(-c2ccc(C(C)C)cc2)cc1C(C)C. The van der Waals surface area contributed by atoms with Crippen molar-refractivity contribution in [1.29, 1.82) is 0 Å². The lowest BCUT2D eigenvalue weighted by Crippen LogP contribution is -1.95. The number of hydrogen-bond donors (Lipinski definition) is 0. The van der Waals surface area contributed by atoms with Gasteiger partial charge in [-0.05, 0) is 42.0 Å². The number of aryl methyl sites for hydroxylation is 1. The summed E-state index contributed by atoms with van der Waals surface area (Å²) in [7, 11) is 0. The van der Waals surface area contributed by atoms with Gasteiger partial charge < -0.3 is 0 Å². The molecule has 0 amide bonds. The molecule has 0 aliphatic carbocycles. The molecule has 1 aromatic heterocycles. The maximum absolute atomic E-state index is 4.59. The van der Waals surface area contributed by atoms with Crippen LogP contribution in [0.4, 0.5) is 0 Å². The minimum atomic E-state index is 0.522. The van der Waals surface area contributed by atoms with Crippen molar-refractivity contribution in [2.75, 3.05) is 0 Å². The number of rotatable bonds is 3. The zero-order valence-corrected chi connectivity index (χ0v) is 11.9. The van der Waals surface area contributed by atoms with Crippen LogP contribution in [0.2, 0.25) is 0 Å². The van der Waals surface area contributed by atoms with Crippen LogP contribution in [0.3, 0.4) is 0 Å². The van der Waals surface area contributed by atoms with Crippen LogP contribution < -0.4 is 0 Å². The summed E-state index contributed by atoms with van der Waals surface area (Å²) in [5.74, 6) is 1.10. The topological polar surface area (TPSA) is 17.8 Å². The minimum Gasteiger partial charge on any atom is -0.240 e. The van der Waals surface area contributed by atoms with Crippen LogP contribution in [0.5, 0.6) is 0 Å². The van der Waals surface area contributed by atoms with E-state index >= 15 is 0 Å². The second-order valence-corrected chi connectivity index (χ2v) is 5.52. The van der Waals surface area contributed by atoms with E-state index in [4.69, 9.17) is 0 Å². The van der Waals surface area contributed by atoms with Crippen molar-refractivity contribution in [1.82, 2.24) is 9.78 Å². The Hall–Kier alpha value is -1.57. The van der Waals surface area contributed by atoms with Gasteiger partial charge in [0.2, 0.25) is 0 Å². The van der Waals surface area contributed by atoms with Crippen molar-refractivity contribution in [2.24, 2.45) is 0 Å². The molecule has 0 fully saturated rings. The van der Waals surface area contributed by atoms with Crippen LogP contribution >= 0.6 is 0 Å². The fourth-order valence-electron chi connectivity index (χ4n) is 2.18. The van der Waals surface area contributed by atoms with E-state index in [1.165, 1.54) is 11.1 Å². The normalized spacial score (nSPS) is 11.5. The molecule has 0 radical (unpaired) electrons. The highest BCUT2D eigenvalue weighted by Gasteiger charge is 2.09. The molecule has 0 aliphatic heterocycles. The fourth-order valence-corrected chi connectivity index (χ4v) is 2.18. The smallest absolute Gasteiger partial charge is 0.0645 e. The first-order valence-electron chi connectivity index (χ1n) is 6.65. The van der Waals surface area contributed by atoms with E-state index in [-0.39, 0.29) is 0 Å². The average Bonchev–Trinajstić information content (AvgIpc) is 2.71. The van der Waals surface area contributed by atoms with Crippen molar-refractivity contribution < 1.29 is 0 Å². The van der Waals surface area contributed by atoms with Gasteiger partial charge in [0, 0.05) is 6.20 Å². The first-order chi connectivity index (χ1) is 8.49. The van der Waals surface area contributed by atoms with Gasteiger partial charge in [-0.15, -0.1) is 0 Å². The maximum Gasteiger partial charge on any atom is 0.0645 e. The molecule has 1 aromatic carbocycles. The Morgan fingerprint density at radius 2 is 1.56 bits per heavy atom. The van der Waals surface area contributed by atoms with Crippen LogP contribution in [0, 0.1) is 6.92 Å². The number of nitrogens with zero attached hydrogens (tertiary/aromatic N) is 2. The Morgan fingerprint density at radius 3 is 2.00 bits per heavy atom. The van der Waals surface area contributed by atoms with E-state index in [2.05, 4.69) is 70.2 Å². The molecule has 2 aromatic rings. The highest BCUT2D eigenvalue weighted by Crippen LogP contribution is 2.21. The molecule has 0 aliphatic rings. The molecular weight excluding hydrogens is 220 g/mol. The van der Waals surface area contributed by atoms with Crippen molar-refractivity contribution in [3.63, 3.8) is 0 Å². The standard InChI is InChI=1S/C16H22N2/c1-11(2)14-6-8-15(9-7-14)18-10-16(12(3)4)13(5)17-18/h6-12H,1-5H3. The third kappa shape index (κ3) is 2.47. The van der Waals surface area contributed by atoms with Crippen LogP contribution in [0.15, 0.2) is 30.5 Å². The summed E-state index contributed by atoms with van der Waals surface area (Å²) >= 11 is 0. The predicted octanol–water partition coefficient (Wildman–Crippen LogP) is 4.43. The summed E-state index contributed by atoms with van der Waals surface area (Å²) in [5, 5.41) is 4.59. The number of aromatic nitrogens is 2. The monoisotopic (exact) mass is 242 g/mol. The van der Waals surface area contributed by atoms with Gasteiger partial charge in [0.1, 0.15) is 0 Å². The van der Waals surface area contributed by atoms with Gasteiger partial charge >= 0.3 is 0 Å². The van der Waals surface area contributed by atoms with E-state index in [0.29, 0.717) is 11.8 Å². The molecule has 0 spiro atoms. The molecule has 2 nitrogen and oxygen atoms in total. The fraction of sp³-hybridized carbons (Fsp3) is 0.438. The Labute approximate surface area is 110 Å². The quantitative estimate of drug-likeness (QED) is 0.778. The zero-order chi connectivity index (χ0) is 13.3. The number of benzene rings is 1. The van der Waals surface area contributed by atoms with Gasteiger partial charge in [-0.1, -0.05) is 39.8 Å². The van der Waals surface area contributed by atoms with Crippen LogP contribution in [-0.2, 0) is 0 Å². The van der Waals surface area contributed by atoms with Gasteiger partial charge in [-0.25, -0.2) is 4.68 Å². The van der Waals surface area contributed by atoms with Crippen LogP contribution in [-0.4, -0.2) is 9.78 Å². The summed E-state index contributed by atoms with van der Waals surface area (Å²) in [6, 6.07) is 8.66. The molecule has 0 bridgehead atoms. The van der Waals surface area contributed by atoms with Crippen molar-refractivity contribution in [2.45, 2.75) is 46.5 Å². The van der Waals surface area contributed by atoms with Gasteiger partial charge in [0.05, 0.1) is 11.4 Å². The molecule has 0 atom stereocenters. The summed E-state index contributed by atoms with van der Waals surface area (Å²) in [6.07, 6.45) is 2.14. The van der Waals surface area contributed by atoms with E-state index in [0.717, 1.165) is 11.4 Å². The van der Waals surface area contributed by atoms with Crippen LogP contribution in [0.1, 0.15) is 56.4 Å². The Morgan fingerprint density at radius 1 is 0.944 bits per heavy atom. The highest BCUT2D eigenvalue weighted by atomic mass is 15.3. The van der Waals surface area contributed by atoms with Crippen LogP contribution in [0.25, 0.3) is 5.69 Å². The summed E-state index contributed by atoms with van der Waals surface area (Å²) in [6.45, 7) is 10.9. The second-order valence-electron chi connectivity index (χ2n) is 5.52. The van der Waals surface area contributed by atoms with Gasteiger partial charge in [0.25, 0.3) is 0 Å². The lowest BCUT2D eigenvalue weighted by Gasteiger charge is -2.06. The van der Waals surface area contributed by atoms with E-state index < -0.39 is 0 Å². The molecule has 0 saturated carbocycles. The average molecular weight is 242 g/mol. The molecular formula is C16H22N2. The Balaban J connectivity index is 2.34. The predicted molar refractivity (Wildman–Crippen MR) is 76.5 cm³/mol. The molecule has 0 N–H and O–H groups in total. The van der Waals surface area contributed by atoms with E-state index in [9.17, 15) is 0 Å². The largest absolute Gasteiger partial charge is 0.240 e. The van der Waals surface area contributed by atoms with Gasteiger partial charge in [-0.2, -0.15) is 5.10 Å². The molecule has 18 heavy (non-hydrogen) atoms. The third-order valence-corrected chi connectivity index (χ3v) is 3.38. The Kier molecular flexibility index (Phi) is 3.55. The summed E-state index contributed by atoms with van der Waals surface area (Å²) in [5.41, 5.74) is 4.95. The third-order valence-electron chi connectivity index (χ3n) is 3.38. The van der Waals surface area contributed by atoms with E-state index in [1.54, 1.807) is 0 Å². The summed E-state index contributed by atoms with van der Waals surface area (Å²) in [4.78, 5) is 0. The van der Waals surface area contributed by atoms with Gasteiger partial charge in [0.15, 0.2) is 0 Å². The minimum absolute atomic E-state index is 0.522. The molecule has 0 unspecified atom stereocenters. The Bertz CT molecular complexity index is 519. The molecule has 2 rings (SSSR count). The lowest BCUT2D eigenvalue weighted by molar-refractivity contribution is 0.846. The highest BCUT2D eigenvalue weighted by molar-refractivity contribution is 5.36. The van der Waals surface area contributed by atoms with Crippen molar-refractivity contribution in [3.05, 3.63) is 47.3 Å². The molecule has 0 saturated heterocycles. The van der Waals surface area contributed by atoms with E-state index in [1.807, 2.05) is 4.68 Å². The van der Waals surface area contributed by atoms with Crippen molar-refractivity contribution >= 4 is 0 Å². The summed E-state index contributed by atoms with van der Waals surface area (Å²) < 4.78 is 1.98. The molecule has 96 valence electrons. The second kappa shape index (κ2) is 4.97. The number of hydrogen-bond acceptors (Lipinski definition) is 1. The lowest BCUT2D eigenvalue weighted by atomic mass is 10.0. The first-order valence-corrected chi connectivity index (χ1v) is 6.65. The van der Waals surface area contributed by atoms with Crippen molar-refractivity contribution in [3.8, 4) is 5.69 Å². The van der Waals surface area contributed by atoms with Gasteiger partial charge in [-0.3, -0.25) is 0 Å².